The fourth-order valence-electron chi connectivity index (χ4n) is 1.65. The molecule has 0 bridgehead atoms. The quantitative estimate of drug-likeness (QED) is 0.893. The third-order valence-electron chi connectivity index (χ3n) is 3.09. The lowest BCUT2D eigenvalue weighted by molar-refractivity contribution is 0.390. The summed E-state index contributed by atoms with van der Waals surface area (Å²) in [5.74, 6) is 1.14. The van der Waals surface area contributed by atoms with Crippen LogP contribution in [-0.2, 0) is 6.54 Å². The van der Waals surface area contributed by atoms with E-state index in [-0.39, 0.29) is 5.54 Å². The van der Waals surface area contributed by atoms with Crippen molar-refractivity contribution in [3.8, 4) is 0 Å². The average Bonchev–Trinajstić information content (AvgIpc) is 2.38. The van der Waals surface area contributed by atoms with Crippen molar-refractivity contribution < 1.29 is 0 Å². The van der Waals surface area contributed by atoms with Gasteiger partial charge in [-0.05, 0) is 31.9 Å². The Kier molecular flexibility index (Phi) is 3.99. The third-order valence-corrected chi connectivity index (χ3v) is 4.01. The molecule has 1 N–H and O–H groups in total. The summed E-state index contributed by atoms with van der Waals surface area (Å²) in [5.41, 5.74) is 1.11. The van der Waals surface area contributed by atoms with E-state index in [1.165, 1.54) is 6.42 Å². The van der Waals surface area contributed by atoms with Gasteiger partial charge in [0.1, 0.15) is 0 Å². The number of nitrogens with zero attached hydrogens (tertiary/aromatic N) is 3. The van der Waals surface area contributed by atoms with Gasteiger partial charge < -0.3 is 5.32 Å². The van der Waals surface area contributed by atoms with E-state index in [1.54, 1.807) is 18.0 Å². The van der Waals surface area contributed by atoms with E-state index in [0.717, 1.165) is 23.0 Å². The molecule has 0 saturated carbocycles. The highest BCUT2D eigenvalue weighted by atomic mass is 32.2. The van der Waals surface area contributed by atoms with E-state index >= 15 is 0 Å². The first kappa shape index (κ1) is 12.4. The Balaban J connectivity index is 1.98. The fourth-order valence-corrected chi connectivity index (χ4v) is 2.87. The van der Waals surface area contributed by atoms with E-state index in [2.05, 4.69) is 34.4 Å². The van der Waals surface area contributed by atoms with Gasteiger partial charge in [-0.1, -0.05) is 18.7 Å². The molecule has 2 rings (SSSR count). The molecule has 17 heavy (non-hydrogen) atoms. The van der Waals surface area contributed by atoms with Gasteiger partial charge in [0.15, 0.2) is 5.17 Å². The van der Waals surface area contributed by atoms with Crippen LogP contribution in [0.4, 0.5) is 0 Å². The van der Waals surface area contributed by atoms with Crippen molar-refractivity contribution in [1.29, 1.82) is 0 Å². The normalized spacial score (nSPS) is 26.8. The molecule has 5 heteroatoms. The lowest BCUT2D eigenvalue weighted by Crippen LogP contribution is -2.48. The highest BCUT2D eigenvalue weighted by Gasteiger charge is 2.27. The van der Waals surface area contributed by atoms with Crippen LogP contribution in [0.3, 0.4) is 0 Å². The molecule has 0 amide bonds. The smallest absolute Gasteiger partial charge is 0.157 e. The van der Waals surface area contributed by atoms with Crippen LogP contribution in [0.5, 0.6) is 0 Å². The molecule has 2 heterocycles. The predicted molar refractivity (Wildman–Crippen MR) is 72.1 cm³/mol. The zero-order valence-corrected chi connectivity index (χ0v) is 11.1. The zero-order chi connectivity index (χ0) is 12.1. The molecular weight excluding hydrogens is 232 g/mol. The summed E-state index contributed by atoms with van der Waals surface area (Å²) in [6.45, 7) is 5.07. The number of hydrogen-bond donors (Lipinski definition) is 1. The molecule has 1 aliphatic rings. The molecule has 0 aromatic carbocycles. The molecule has 0 aliphatic carbocycles. The minimum absolute atomic E-state index is 0.201. The summed E-state index contributed by atoms with van der Waals surface area (Å²) in [7, 11) is 0. The molecule has 4 nitrogen and oxygen atoms in total. The van der Waals surface area contributed by atoms with Crippen LogP contribution in [0.1, 0.15) is 32.4 Å². The fraction of sp³-hybridized carbons (Fsp3) is 0.583. The first-order valence-corrected chi connectivity index (χ1v) is 6.92. The topological polar surface area (TPSA) is 50.2 Å². The Bertz CT molecular complexity index is 393. The molecule has 1 aromatic rings. The number of hydrogen-bond acceptors (Lipinski definition) is 4. The van der Waals surface area contributed by atoms with Crippen LogP contribution in [-0.4, -0.2) is 26.7 Å². The van der Waals surface area contributed by atoms with Crippen LogP contribution in [0, 0.1) is 0 Å². The predicted octanol–water partition coefficient (Wildman–Crippen LogP) is 2.23. The molecular formula is C12H18N4S. The van der Waals surface area contributed by atoms with Gasteiger partial charge in [0.05, 0.1) is 12.2 Å². The number of aliphatic imine (C=N–C) groups is 1. The molecule has 1 saturated heterocycles. The van der Waals surface area contributed by atoms with Gasteiger partial charge in [0.25, 0.3) is 0 Å². The minimum Gasteiger partial charge on any atom is -0.360 e. The summed E-state index contributed by atoms with van der Waals surface area (Å²) in [4.78, 5) is 4.56. The lowest BCUT2D eigenvalue weighted by Gasteiger charge is -2.35. The Hall–Kier alpha value is -1.10. The SMILES string of the molecule is CCC1(C)CCSC(=NCc2cccnn2)N1. The third kappa shape index (κ3) is 3.43. The van der Waals surface area contributed by atoms with Gasteiger partial charge in [0.2, 0.25) is 0 Å². The number of rotatable bonds is 3. The maximum atomic E-state index is 4.56. The molecule has 1 aromatic heterocycles. The van der Waals surface area contributed by atoms with E-state index in [0.29, 0.717) is 6.54 Å². The monoisotopic (exact) mass is 250 g/mol. The number of nitrogens with one attached hydrogen (secondary N) is 1. The van der Waals surface area contributed by atoms with Crippen molar-refractivity contribution in [2.24, 2.45) is 4.99 Å². The Morgan fingerprint density at radius 3 is 3.18 bits per heavy atom. The second-order valence-electron chi connectivity index (χ2n) is 4.47. The number of thioether (sulfide) groups is 1. The van der Waals surface area contributed by atoms with Gasteiger partial charge in [-0.15, -0.1) is 0 Å². The minimum atomic E-state index is 0.201. The zero-order valence-electron chi connectivity index (χ0n) is 10.3. The maximum Gasteiger partial charge on any atom is 0.157 e. The van der Waals surface area contributed by atoms with Crippen molar-refractivity contribution in [2.75, 3.05) is 5.75 Å². The Labute approximate surface area is 106 Å². The van der Waals surface area contributed by atoms with E-state index in [9.17, 15) is 0 Å². The van der Waals surface area contributed by atoms with Crippen LogP contribution in [0.15, 0.2) is 23.3 Å². The molecule has 0 radical (unpaired) electrons. The number of amidine groups is 1. The highest BCUT2D eigenvalue weighted by Crippen LogP contribution is 2.24. The summed E-state index contributed by atoms with van der Waals surface area (Å²) in [6, 6.07) is 3.84. The summed E-state index contributed by atoms with van der Waals surface area (Å²) in [5, 5.41) is 12.4. The standard InChI is InChI=1S/C12H18N4S/c1-3-12(2)6-8-17-11(15-12)13-9-10-5-4-7-14-16-10/h4-5,7H,3,6,8-9H2,1-2H3,(H,13,15). The van der Waals surface area contributed by atoms with Crippen molar-refractivity contribution in [3.63, 3.8) is 0 Å². The van der Waals surface area contributed by atoms with Gasteiger partial charge in [-0.2, -0.15) is 10.2 Å². The first-order valence-electron chi connectivity index (χ1n) is 5.94. The molecule has 92 valence electrons. The molecule has 1 fully saturated rings. The van der Waals surface area contributed by atoms with Gasteiger partial charge in [-0.25, -0.2) is 0 Å². The van der Waals surface area contributed by atoms with E-state index in [1.807, 2.05) is 12.1 Å². The second kappa shape index (κ2) is 5.49. The largest absolute Gasteiger partial charge is 0.360 e. The van der Waals surface area contributed by atoms with Crippen molar-refractivity contribution in [2.45, 2.75) is 38.8 Å². The molecule has 1 aliphatic heterocycles. The van der Waals surface area contributed by atoms with Gasteiger partial charge >= 0.3 is 0 Å². The highest BCUT2D eigenvalue weighted by molar-refractivity contribution is 8.13. The average molecular weight is 250 g/mol. The molecule has 0 spiro atoms. The lowest BCUT2D eigenvalue weighted by atomic mass is 9.96. The summed E-state index contributed by atoms with van der Waals surface area (Å²) >= 11 is 1.79. The van der Waals surface area contributed by atoms with Gasteiger partial charge in [-0.3, -0.25) is 4.99 Å². The van der Waals surface area contributed by atoms with Crippen LogP contribution < -0.4 is 5.32 Å². The van der Waals surface area contributed by atoms with Crippen molar-refractivity contribution >= 4 is 16.9 Å². The summed E-state index contributed by atoms with van der Waals surface area (Å²) in [6.07, 6.45) is 3.99. The summed E-state index contributed by atoms with van der Waals surface area (Å²) < 4.78 is 0. The van der Waals surface area contributed by atoms with Crippen molar-refractivity contribution in [3.05, 3.63) is 24.0 Å². The number of aromatic nitrogens is 2. The molecule has 1 unspecified atom stereocenters. The second-order valence-corrected chi connectivity index (χ2v) is 5.56. The van der Waals surface area contributed by atoms with E-state index in [4.69, 9.17) is 0 Å². The van der Waals surface area contributed by atoms with Crippen molar-refractivity contribution in [1.82, 2.24) is 15.5 Å². The Morgan fingerprint density at radius 2 is 2.47 bits per heavy atom. The van der Waals surface area contributed by atoms with Crippen LogP contribution >= 0.6 is 11.8 Å². The maximum absolute atomic E-state index is 4.56. The van der Waals surface area contributed by atoms with E-state index < -0.39 is 0 Å². The molecule has 1 atom stereocenters. The Morgan fingerprint density at radius 1 is 1.59 bits per heavy atom. The first-order chi connectivity index (χ1) is 8.22. The van der Waals surface area contributed by atoms with Gasteiger partial charge in [0, 0.05) is 17.5 Å². The van der Waals surface area contributed by atoms with Crippen LogP contribution in [0.25, 0.3) is 0 Å². The van der Waals surface area contributed by atoms with Crippen LogP contribution in [0.2, 0.25) is 0 Å².